The average molecular weight is 789 g/mol. The van der Waals surface area contributed by atoms with Gasteiger partial charge in [0.1, 0.15) is 0 Å². The van der Waals surface area contributed by atoms with Crippen molar-refractivity contribution in [2.24, 2.45) is 0 Å². The highest BCUT2D eigenvalue weighted by atomic mass is 16.5. The summed E-state index contributed by atoms with van der Waals surface area (Å²) in [5.74, 6) is -0.638. The van der Waals surface area contributed by atoms with Crippen LogP contribution >= 0.6 is 0 Å². The molecule has 0 heterocycles. The summed E-state index contributed by atoms with van der Waals surface area (Å²) in [5, 5.41) is 8.66. The zero-order valence-corrected chi connectivity index (χ0v) is 38.1. The van der Waals surface area contributed by atoms with Gasteiger partial charge in [0.15, 0.2) is 0 Å². The number of allylic oxidation sites excluding steroid dienone is 2. The Morgan fingerprint density at radius 3 is 0.893 bits per heavy atom. The van der Waals surface area contributed by atoms with E-state index in [0.717, 1.165) is 32.1 Å². The van der Waals surface area contributed by atoms with Crippen molar-refractivity contribution in [2.45, 2.75) is 302 Å². The van der Waals surface area contributed by atoms with Crippen LogP contribution in [0, 0.1) is 0 Å². The van der Waals surface area contributed by atoms with Crippen LogP contribution in [0.15, 0.2) is 12.2 Å². The molecule has 56 heavy (non-hydrogen) atoms. The topological polar surface area (TPSA) is 63.6 Å². The number of hydrogen-bond donors (Lipinski definition) is 1. The zero-order valence-electron chi connectivity index (χ0n) is 38.1. The summed E-state index contributed by atoms with van der Waals surface area (Å²) in [6.45, 7) is 2.87. The Morgan fingerprint density at radius 2 is 0.589 bits per heavy atom. The second-order valence-electron chi connectivity index (χ2n) is 17.7. The second kappa shape index (κ2) is 49.8. The van der Waals surface area contributed by atoms with Gasteiger partial charge in [0.25, 0.3) is 0 Å². The lowest BCUT2D eigenvalue weighted by atomic mass is 10.0. The summed E-state index contributed by atoms with van der Waals surface area (Å²) in [4.78, 5) is 22.5. The third-order valence-electron chi connectivity index (χ3n) is 11.9. The molecule has 332 valence electrons. The highest BCUT2D eigenvalue weighted by Crippen LogP contribution is 2.18. The van der Waals surface area contributed by atoms with Gasteiger partial charge in [0, 0.05) is 12.8 Å². The predicted octanol–water partition coefficient (Wildman–Crippen LogP) is 18.1. The van der Waals surface area contributed by atoms with Crippen molar-refractivity contribution in [1.82, 2.24) is 0 Å². The lowest BCUT2D eigenvalue weighted by Gasteiger charge is -2.06. The molecule has 0 aromatic heterocycles. The first-order valence-corrected chi connectivity index (χ1v) is 25.7. The number of carboxylic acid groups (broad SMARTS) is 1. The quantitative estimate of drug-likeness (QED) is 0.0379. The van der Waals surface area contributed by atoms with E-state index in [0.29, 0.717) is 19.4 Å². The van der Waals surface area contributed by atoms with E-state index in [1.165, 1.54) is 250 Å². The normalized spacial score (nSPS) is 11.6. The molecule has 0 aliphatic carbocycles. The van der Waals surface area contributed by atoms with Gasteiger partial charge in [-0.1, -0.05) is 263 Å². The number of carbonyl (C=O) groups is 2. The number of carboxylic acids is 1. The first kappa shape index (κ1) is 54.7. The van der Waals surface area contributed by atoms with Gasteiger partial charge in [0.05, 0.1) is 6.61 Å². The molecule has 1 N–H and O–H groups in total. The lowest BCUT2D eigenvalue weighted by Crippen LogP contribution is -2.05. The number of carbonyl (C=O) groups excluding carboxylic acids is 1. The molecule has 0 amide bonds. The third-order valence-corrected chi connectivity index (χ3v) is 11.9. The van der Waals surface area contributed by atoms with E-state index in [2.05, 4.69) is 19.1 Å². The van der Waals surface area contributed by atoms with E-state index in [9.17, 15) is 9.59 Å². The fraction of sp³-hybridized carbons (Fsp3) is 0.923. The molecule has 0 unspecified atom stereocenters. The number of ether oxygens (including phenoxy) is 1. The maximum Gasteiger partial charge on any atom is 0.305 e. The minimum absolute atomic E-state index is 0.0131. The van der Waals surface area contributed by atoms with E-state index in [-0.39, 0.29) is 5.97 Å². The van der Waals surface area contributed by atoms with Gasteiger partial charge in [-0.2, -0.15) is 0 Å². The Balaban J connectivity index is 3.13. The van der Waals surface area contributed by atoms with Crippen LogP contribution in [-0.4, -0.2) is 23.7 Å². The van der Waals surface area contributed by atoms with Gasteiger partial charge in [-0.05, 0) is 38.5 Å². The molecule has 0 saturated carbocycles. The predicted molar refractivity (Wildman–Crippen MR) is 246 cm³/mol. The first-order valence-electron chi connectivity index (χ1n) is 25.7. The van der Waals surface area contributed by atoms with Crippen LogP contribution in [0.3, 0.4) is 0 Å². The Labute approximate surface area is 351 Å². The fourth-order valence-corrected chi connectivity index (χ4v) is 8.09. The Bertz CT molecular complexity index is 792. The number of unbranched alkanes of at least 4 members (excludes halogenated alkanes) is 41. The summed E-state index contributed by atoms with van der Waals surface area (Å²) in [5.41, 5.74) is 0. The van der Waals surface area contributed by atoms with Crippen LogP contribution in [0.4, 0.5) is 0 Å². The van der Waals surface area contributed by atoms with Crippen LogP contribution in [0.25, 0.3) is 0 Å². The van der Waals surface area contributed by atoms with Gasteiger partial charge in [-0.15, -0.1) is 0 Å². The van der Waals surface area contributed by atoms with E-state index in [4.69, 9.17) is 9.84 Å². The molecular formula is C52H100O4. The highest BCUT2D eigenvalue weighted by molar-refractivity contribution is 5.69. The monoisotopic (exact) mass is 789 g/mol. The Kier molecular flexibility index (Phi) is 48.7. The van der Waals surface area contributed by atoms with E-state index >= 15 is 0 Å². The maximum atomic E-state index is 12.0. The molecule has 0 atom stereocenters. The second-order valence-corrected chi connectivity index (χ2v) is 17.7. The van der Waals surface area contributed by atoms with Crippen LogP contribution in [-0.2, 0) is 14.3 Å². The van der Waals surface area contributed by atoms with E-state index in [1.807, 2.05) is 0 Å². The number of hydrogen-bond acceptors (Lipinski definition) is 3. The van der Waals surface area contributed by atoms with Gasteiger partial charge in [-0.25, -0.2) is 0 Å². The molecule has 0 aliphatic rings. The summed E-state index contributed by atoms with van der Waals surface area (Å²) in [6.07, 6.45) is 64.5. The van der Waals surface area contributed by atoms with Crippen molar-refractivity contribution in [3.63, 3.8) is 0 Å². The number of esters is 1. The average Bonchev–Trinajstić information content (AvgIpc) is 3.19. The third kappa shape index (κ3) is 50.7. The van der Waals surface area contributed by atoms with Gasteiger partial charge < -0.3 is 9.84 Å². The van der Waals surface area contributed by atoms with Gasteiger partial charge in [0.2, 0.25) is 0 Å². The molecule has 0 aromatic carbocycles. The smallest absolute Gasteiger partial charge is 0.305 e. The molecule has 4 heteroatoms. The van der Waals surface area contributed by atoms with Crippen molar-refractivity contribution in [3.8, 4) is 0 Å². The minimum atomic E-state index is -0.651. The molecule has 0 spiro atoms. The van der Waals surface area contributed by atoms with Crippen LogP contribution in [0.2, 0.25) is 0 Å². The Hall–Kier alpha value is -1.32. The van der Waals surface area contributed by atoms with Crippen LogP contribution in [0.5, 0.6) is 0 Å². The molecule has 0 bridgehead atoms. The highest BCUT2D eigenvalue weighted by Gasteiger charge is 2.03. The van der Waals surface area contributed by atoms with E-state index in [1.54, 1.807) is 0 Å². The summed E-state index contributed by atoms with van der Waals surface area (Å²) >= 11 is 0. The summed E-state index contributed by atoms with van der Waals surface area (Å²) < 4.78 is 5.45. The van der Waals surface area contributed by atoms with Crippen LogP contribution in [0.1, 0.15) is 302 Å². The summed E-state index contributed by atoms with van der Waals surface area (Å²) in [7, 11) is 0. The standard InChI is InChI=1S/C52H100O4/c1-2-3-4-5-6-7-33-37-40-43-46-49-52(55)56-50-47-44-41-38-35-32-30-28-26-24-22-20-18-16-14-12-10-8-9-11-13-15-17-19-21-23-25-27-29-31-34-36-39-42-45-48-51(53)54/h5-6H,2-4,7-50H2,1H3,(H,53,54)/b6-5-. The largest absolute Gasteiger partial charge is 0.481 e. The van der Waals surface area contributed by atoms with Crippen molar-refractivity contribution in [2.75, 3.05) is 6.61 Å². The van der Waals surface area contributed by atoms with Crippen molar-refractivity contribution < 1.29 is 19.4 Å². The van der Waals surface area contributed by atoms with Crippen molar-refractivity contribution >= 4 is 11.9 Å². The number of aliphatic carboxylic acids is 1. The summed E-state index contributed by atoms with van der Waals surface area (Å²) in [6, 6.07) is 0. The van der Waals surface area contributed by atoms with E-state index < -0.39 is 5.97 Å². The molecule has 0 rings (SSSR count). The fourth-order valence-electron chi connectivity index (χ4n) is 8.09. The SMILES string of the molecule is CCCC/C=C\CCCCCCCC(=O)OCCCCCCCCCCCCCCCCCCCCCCCCCCCCCCCCCCCCCC(=O)O. The van der Waals surface area contributed by atoms with Crippen molar-refractivity contribution in [3.05, 3.63) is 12.2 Å². The minimum Gasteiger partial charge on any atom is -0.481 e. The molecule has 0 fully saturated rings. The zero-order chi connectivity index (χ0) is 40.5. The van der Waals surface area contributed by atoms with Crippen LogP contribution < -0.4 is 0 Å². The molecule has 0 aromatic rings. The molecule has 0 radical (unpaired) electrons. The first-order chi connectivity index (χ1) is 27.7. The molecule has 0 saturated heterocycles. The molecule has 0 aliphatic heterocycles. The van der Waals surface area contributed by atoms with Gasteiger partial charge in [-0.3, -0.25) is 9.59 Å². The number of rotatable bonds is 49. The Morgan fingerprint density at radius 1 is 0.339 bits per heavy atom. The van der Waals surface area contributed by atoms with Gasteiger partial charge >= 0.3 is 11.9 Å². The molecular weight excluding hydrogens is 689 g/mol. The molecule has 4 nitrogen and oxygen atoms in total. The van der Waals surface area contributed by atoms with Crippen molar-refractivity contribution in [1.29, 1.82) is 0 Å². The maximum absolute atomic E-state index is 12.0. The lowest BCUT2D eigenvalue weighted by molar-refractivity contribution is -0.144.